The number of amides is 1. The minimum atomic E-state index is -3.23. The number of ether oxygens (including phenoxy) is 1. The molecule has 0 aliphatic carbocycles. The van der Waals surface area contributed by atoms with Crippen molar-refractivity contribution < 1.29 is 22.7 Å². The van der Waals surface area contributed by atoms with Gasteiger partial charge in [-0.15, -0.1) is 0 Å². The van der Waals surface area contributed by atoms with Gasteiger partial charge in [0.2, 0.25) is 16.1 Å². The first-order valence-electron chi connectivity index (χ1n) is 10.4. The van der Waals surface area contributed by atoms with E-state index < -0.39 is 22.1 Å². The molecule has 0 aromatic heterocycles. The van der Waals surface area contributed by atoms with Crippen LogP contribution >= 0.6 is 0 Å². The molecule has 3 rings (SSSR count). The van der Waals surface area contributed by atoms with Gasteiger partial charge in [0.1, 0.15) is 0 Å². The molecule has 1 N–H and O–H groups in total. The van der Waals surface area contributed by atoms with Crippen LogP contribution in [0.2, 0.25) is 0 Å². The fraction of sp³-hybridized carbons (Fsp3) is 0.391. The molecule has 2 aromatic rings. The van der Waals surface area contributed by atoms with Crippen LogP contribution in [0, 0.1) is 0 Å². The van der Waals surface area contributed by atoms with Gasteiger partial charge in [-0.3, -0.25) is 4.79 Å². The maximum atomic E-state index is 13.1. The maximum absolute atomic E-state index is 13.1. The molecule has 1 aliphatic heterocycles. The minimum Gasteiger partial charge on any atom is -0.444 e. The van der Waals surface area contributed by atoms with Gasteiger partial charge in [-0.1, -0.05) is 42.5 Å². The zero-order chi connectivity index (χ0) is 22.3. The Morgan fingerprint density at radius 2 is 1.65 bits per heavy atom. The number of rotatable bonds is 8. The van der Waals surface area contributed by atoms with E-state index in [2.05, 4.69) is 4.72 Å². The second kappa shape index (κ2) is 10.5. The van der Waals surface area contributed by atoms with Crippen molar-refractivity contribution in [3.8, 4) is 0 Å². The number of carbonyl (C=O) groups excluding carboxylic acids is 2. The molecule has 1 atom stereocenters. The Hall–Kier alpha value is -2.71. The summed E-state index contributed by atoms with van der Waals surface area (Å²) in [5.41, 5.74) is 1.87. The number of likely N-dealkylation sites (tertiary alicyclic amines) is 1. The van der Waals surface area contributed by atoms with Crippen molar-refractivity contribution in [3.05, 3.63) is 71.3 Å². The summed E-state index contributed by atoms with van der Waals surface area (Å²) in [7, 11) is -3.23. The first-order valence-corrected chi connectivity index (χ1v) is 12.3. The molecule has 0 saturated carbocycles. The second-order valence-corrected chi connectivity index (χ2v) is 9.53. The summed E-state index contributed by atoms with van der Waals surface area (Å²) in [6, 6.07) is 15.8. The largest absolute Gasteiger partial charge is 0.444 e. The number of sulfonamides is 1. The molecular formula is C23H28N2O5S. The van der Waals surface area contributed by atoms with Crippen molar-refractivity contribution in [2.75, 3.05) is 25.9 Å². The van der Waals surface area contributed by atoms with Gasteiger partial charge < -0.3 is 9.64 Å². The Bertz CT molecular complexity index is 984. The molecule has 1 aliphatic rings. The van der Waals surface area contributed by atoms with E-state index in [0.29, 0.717) is 30.6 Å². The van der Waals surface area contributed by atoms with Gasteiger partial charge in [-0.25, -0.2) is 17.9 Å². The molecule has 1 heterocycles. The standard InChI is InChI=1S/C23H28N2O5S/c1-31(28,29)24-15-14-18-10-12-20(13-11-18)23(27)30-21(19-8-4-2-5-9-19)22(26)25-16-6-3-7-17-25/h2,4-5,8-13,21,24H,3,6-7,14-17H2,1H3/t21-/m0/s1. The third-order valence-corrected chi connectivity index (χ3v) is 5.92. The zero-order valence-corrected chi connectivity index (χ0v) is 18.4. The molecule has 2 aromatic carbocycles. The second-order valence-electron chi connectivity index (χ2n) is 7.70. The van der Waals surface area contributed by atoms with Gasteiger partial charge in [0.15, 0.2) is 0 Å². The molecule has 7 nitrogen and oxygen atoms in total. The number of nitrogens with zero attached hydrogens (tertiary/aromatic N) is 1. The van der Waals surface area contributed by atoms with Crippen molar-refractivity contribution in [1.29, 1.82) is 0 Å². The van der Waals surface area contributed by atoms with E-state index in [1.54, 1.807) is 41.3 Å². The molecule has 166 valence electrons. The molecule has 0 unspecified atom stereocenters. The molecule has 0 radical (unpaired) electrons. The number of hydrogen-bond acceptors (Lipinski definition) is 5. The van der Waals surface area contributed by atoms with E-state index >= 15 is 0 Å². The highest BCUT2D eigenvalue weighted by Gasteiger charge is 2.30. The number of hydrogen-bond donors (Lipinski definition) is 1. The van der Waals surface area contributed by atoms with Gasteiger partial charge in [0.05, 0.1) is 11.8 Å². The van der Waals surface area contributed by atoms with Gasteiger partial charge >= 0.3 is 5.97 Å². The quantitative estimate of drug-likeness (QED) is 0.632. The van der Waals surface area contributed by atoms with Crippen LogP contribution in [0.5, 0.6) is 0 Å². The molecule has 1 amide bonds. The van der Waals surface area contributed by atoms with E-state index in [9.17, 15) is 18.0 Å². The number of benzene rings is 2. The third-order valence-electron chi connectivity index (χ3n) is 5.19. The van der Waals surface area contributed by atoms with Crippen LogP contribution in [0.3, 0.4) is 0 Å². The Morgan fingerprint density at radius 1 is 1.00 bits per heavy atom. The highest BCUT2D eigenvalue weighted by Crippen LogP contribution is 2.24. The predicted octanol–water partition coefficient (Wildman–Crippen LogP) is 2.69. The van der Waals surface area contributed by atoms with Gasteiger partial charge in [0, 0.05) is 25.2 Å². The van der Waals surface area contributed by atoms with Crippen LogP contribution in [0.1, 0.15) is 46.9 Å². The van der Waals surface area contributed by atoms with E-state index in [-0.39, 0.29) is 12.5 Å². The lowest BCUT2D eigenvalue weighted by atomic mass is 10.1. The van der Waals surface area contributed by atoms with Crippen molar-refractivity contribution in [2.45, 2.75) is 31.8 Å². The summed E-state index contributed by atoms with van der Waals surface area (Å²) in [5, 5.41) is 0. The van der Waals surface area contributed by atoms with Crippen molar-refractivity contribution in [1.82, 2.24) is 9.62 Å². The van der Waals surface area contributed by atoms with Gasteiger partial charge in [-0.2, -0.15) is 0 Å². The molecule has 0 spiro atoms. The Labute approximate surface area is 183 Å². The van der Waals surface area contributed by atoms with Crippen molar-refractivity contribution in [2.24, 2.45) is 0 Å². The zero-order valence-electron chi connectivity index (χ0n) is 17.6. The van der Waals surface area contributed by atoms with Crippen LogP contribution in [-0.4, -0.2) is 51.1 Å². The van der Waals surface area contributed by atoms with Crippen LogP contribution in [0.25, 0.3) is 0 Å². The Balaban J connectivity index is 1.69. The molecule has 1 fully saturated rings. The normalized spacial score (nSPS) is 15.3. The first kappa shape index (κ1) is 23.0. The van der Waals surface area contributed by atoms with Gasteiger partial charge in [0.25, 0.3) is 5.91 Å². The topological polar surface area (TPSA) is 92.8 Å². The Kier molecular flexibility index (Phi) is 7.81. The number of piperidine rings is 1. The summed E-state index contributed by atoms with van der Waals surface area (Å²) >= 11 is 0. The summed E-state index contributed by atoms with van der Waals surface area (Å²) < 4.78 is 30.4. The number of esters is 1. The lowest BCUT2D eigenvalue weighted by molar-refractivity contribution is -0.142. The molecule has 8 heteroatoms. The summed E-state index contributed by atoms with van der Waals surface area (Å²) in [5.74, 6) is -0.761. The first-order chi connectivity index (χ1) is 14.8. The van der Waals surface area contributed by atoms with Crippen LogP contribution < -0.4 is 4.72 Å². The van der Waals surface area contributed by atoms with E-state index in [0.717, 1.165) is 31.1 Å². The fourth-order valence-electron chi connectivity index (χ4n) is 3.53. The highest BCUT2D eigenvalue weighted by molar-refractivity contribution is 7.88. The lowest BCUT2D eigenvalue weighted by Gasteiger charge is -2.30. The summed E-state index contributed by atoms with van der Waals surface area (Å²) in [4.78, 5) is 27.7. The smallest absolute Gasteiger partial charge is 0.339 e. The minimum absolute atomic E-state index is 0.192. The van der Waals surface area contributed by atoms with Crippen LogP contribution in [0.4, 0.5) is 0 Å². The average molecular weight is 445 g/mol. The summed E-state index contributed by atoms with van der Waals surface area (Å²) in [6.45, 7) is 1.63. The fourth-order valence-corrected chi connectivity index (χ4v) is 4.01. The maximum Gasteiger partial charge on any atom is 0.339 e. The van der Waals surface area contributed by atoms with E-state index in [1.165, 1.54) is 0 Å². The molecule has 0 bridgehead atoms. The summed E-state index contributed by atoms with van der Waals surface area (Å²) in [6.07, 6.45) is 3.65. The number of nitrogens with one attached hydrogen (secondary N) is 1. The monoisotopic (exact) mass is 444 g/mol. The Morgan fingerprint density at radius 3 is 2.26 bits per heavy atom. The van der Waals surface area contributed by atoms with Crippen LogP contribution in [-0.2, 0) is 26.0 Å². The molecule has 1 saturated heterocycles. The van der Waals surface area contributed by atoms with Gasteiger partial charge in [-0.05, 0) is 43.4 Å². The SMILES string of the molecule is CS(=O)(=O)NCCc1ccc(C(=O)O[C@H](C(=O)N2CCCCC2)c2ccccc2)cc1. The van der Waals surface area contributed by atoms with Crippen molar-refractivity contribution >= 4 is 21.9 Å². The van der Waals surface area contributed by atoms with E-state index in [4.69, 9.17) is 4.74 Å². The van der Waals surface area contributed by atoms with Crippen LogP contribution in [0.15, 0.2) is 54.6 Å². The molecule has 31 heavy (non-hydrogen) atoms. The van der Waals surface area contributed by atoms with Crippen molar-refractivity contribution in [3.63, 3.8) is 0 Å². The van der Waals surface area contributed by atoms with E-state index in [1.807, 2.05) is 18.2 Å². The predicted molar refractivity (Wildman–Crippen MR) is 118 cm³/mol. The lowest BCUT2D eigenvalue weighted by Crippen LogP contribution is -2.40. The average Bonchev–Trinajstić information content (AvgIpc) is 2.77. The number of carbonyl (C=O) groups is 2. The third kappa shape index (κ3) is 6.90. The molecular weight excluding hydrogens is 416 g/mol. The highest BCUT2D eigenvalue weighted by atomic mass is 32.2.